The number of hydrogen-bond donors (Lipinski definition) is 1. The van der Waals surface area contributed by atoms with Crippen LogP contribution in [0.3, 0.4) is 0 Å². The topological polar surface area (TPSA) is 82.9 Å². The summed E-state index contributed by atoms with van der Waals surface area (Å²) in [6, 6.07) is 10.2. The number of hydrogen-bond acceptors (Lipinski definition) is 5. The van der Waals surface area contributed by atoms with Gasteiger partial charge in [-0.15, -0.1) is 0 Å². The average molecular weight is 470 g/mol. The minimum Gasteiger partial charge on any atom is -0.370 e. The molecule has 1 fully saturated rings. The molecule has 176 valence electrons. The molecule has 1 unspecified atom stereocenters. The zero-order valence-electron chi connectivity index (χ0n) is 19.4. The number of aromatic nitrogens is 1. The van der Waals surface area contributed by atoms with Gasteiger partial charge >= 0.3 is 0 Å². The van der Waals surface area contributed by atoms with Gasteiger partial charge in [0.05, 0.1) is 11.4 Å². The van der Waals surface area contributed by atoms with Crippen LogP contribution in [-0.4, -0.2) is 58.9 Å². The highest BCUT2D eigenvalue weighted by Crippen LogP contribution is 2.25. The first-order valence-corrected chi connectivity index (χ1v) is 12.7. The van der Waals surface area contributed by atoms with E-state index in [1.54, 1.807) is 0 Å². The van der Waals surface area contributed by atoms with Gasteiger partial charge in [-0.2, -0.15) is 4.31 Å². The average Bonchev–Trinajstić information content (AvgIpc) is 3.42. The second-order valence-corrected chi connectivity index (χ2v) is 10.8. The van der Waals surface area contributed by atoms with Crippen molar-refractivity contribution in [2.45, 2.75) is 46.4 Å². The van der Waals surface area contributed by atoms with Crippen molar-refractivity contribution in [2.24, 2.45) is 0 Å². The maximum Gasteiger partial charge on any atom is 0.244 e. The van der Waals surface area contributed by atoms with Crippen molar-refractivity contribution in [3.8, 4) is 0 Å². The molecule has 8 heteroatoms. The summed E-state index contributed by atoms with van der Waals surface area (Å²) in [5.74, 6) is -0.165. The van der Waals surface area contributed by atoms with E-state index in [1.165, 1.54) is 33.1 Å². The number of carbonyl (C=O) groups is 1. The third-order valence-corrected chi connectivity index (χ3v) is 8.31. The molecular formula is C25H31N3O4S. The van der Waals surface area contributed by atoms with E-state index in [4.69, 9.17) is 0 Å². The molecule has 0 amide bonds. The van der Waals surface area contributed by atoms with E-state index in [2.05, 4.69) is 28.8 Å². The van der Waals surface area contributed by atoms with Gasteiger partial charge in [0.1, 0.15) is 6.23 Å². The van der Waals surface area contributed by atoms with Crippen molar-refractivity contribution in [3.05, 3.63) is 81.7 Å². The van der Waals surface area contributed by atoms with Crippen molar-refractivity contribution in [1.29, 1.82) is 0 Å². The Labute approximate surface area is 195 Å². The molecule has 1 aromatic heterocycles. The molecule has 0 radical (unpaired) electrons. The summed E-state index contributed by atoms with van der Waals surface area (Å²) < 4.78 is 29.4. The van der Waals surface area contributed by atoms with Crippen LogP contribution in [0.2, 0.25) is 0 Å². The molecule has 0 spiro atoms. The van der Waals surface area contributed by atoms with Crippen LogP contribution in [-0.2, 0) is 16.6 Å². The Kier molecular flexibility index (Phi) is 6.61. The Hall–Kier alpha value is -2.68. The minimum atomic E-state index is -3.63. The number of carbonyl (C=O) groups excluding carboxylic acids is 1. The van der Waals surface area contributed by atoms with Crippen molar-refractivity contribution in [2.75, 3.05) is 19.6 Å². The van der Waals surface area contributed by atoms with Crippen LogP contribution in [0, 0.1) is 20.8 Å². The summed E-state index contributed by atoms with van der Waals surface area (Å²) in [4.78, 5) is 14.7. The molecule has 7 nitrogen and oxygen atoms in total. The zero-order chi connectivity index (χ0) is 23.8. The van der Waals surface area contributed by atoms with Gasteiger partial charge < -0.3 is 14.6 Å². The molecule has 1 atom stereocenters. The lowest BCUT2D eigenvalue weighted by atomic mass is 10.1. The molecule has 4 rings (SSSR count). The Morgan fingerprint density at radius 3 is 2.42 bits per heavy atom. The summed E-state index contributed by atoms with van der Waals surface area (Å²) in [5, 5.41) is 10.4. The van der Waals surface area contributed by atoms with E-state index in [0.717, 1.165) is 29.8 Å². The number of aliphatic hydroxyl groups is 1. The number of ketones is 1. The number of aryl methyl sites for hydroxylation is 2. The van der Waals surface area contributed by atoms with Gasteiger partial charge in [0.15, 0.2) is 5.78 Å². The predicted molar refractivity (Wildman–Crippen MR) is 128 cm³/mol. The van der Waals surface area contributed by atoms with Gasteiger partial charge in [-0.05, 0) is 57.4 Å². The molecule has 1 saturated heterocycles. The van der Waals surface area contributed by atoms with Crippen molar-refractivity contribution < 1.29 is 18.3 Å². The Morgan fingerprint density at radius 1 is 1.09 bits per heavy atom. The number of rotatable bonds is 7. The highest BCUT2D eigenvalue weighted by molar-refractivity contribution is 7.93. The van der Waals surface area contributed by atoms with Gasteiger partial charge in [-0.3, -0.25) is 4.79 Å². The van der Waals surface area contributed by atoms with E-state index < -0.39 is 16.3 Å². The van der Waals surface area contributed by atoms with Crippen LogP contribution in [0.4, 0.5) is 0 Å². The van der Waals surface area contributed by atoms with Crippen LogP contribution < -0.4 is 0 Å². The maximum atomic E-state index is 13.2. The van der Waals surface area contributed by atoms with Crippen molar-refractivity contribution in [3.63, 3.8) is 0 Å². The Balaban J connectivity index is 1.53. The first-order valence-electron chi connectivity index (χ1n) is 11.3. The normalized spacial score (nSPS) is 19.2. The largest absolute Gasteiger partial charge is 0.370 e. The maximum absolute atomic E-state index is 13.2. The quantitative estimate of drug-likeness (QED) is 0.630. The number of nitrogens with zero attached hydrogens (tertiary/aromatic N) is 3. The first kappa shape index (κ1) is 23.5. The molecule has 1 aromatic carbocycles. The molecule has 2 aromatic rings. The Morgan fingerprint density at radius 2 is 1.76 bits per heavy atom. The standard InChI is InChI=1S/C25H31N3O4S/c1-18-6-8-21(9-7-18)15-28-19(2)14-23(20(28)3)24(29)17-26-16-22(10-11-25(26)30)33(31,32)27-12-4-5-13-27/h6-11,14,16,25,30H,4-5,12-13,15,17H2,1-3H3. The smallest absolute Gasteiger partial charge is 0.244 e. The second-order valence-electron chi connectivity index (χ2n) is 8.87. The molecule has 33 heavy (non-hydrogen) atoms. The zero-order valence-corrected chi connectivity index (χ0v) is 20.2. The van der Waals surface area contributed by atoms with E-state index in [1.807, 2.05) is 26.8 Å². The highest BCUT2D eigenvalue weighted by Gasteiger charge is 2.31. The van der Waals surface area contributed by atoms with Gasteiger partial charge in [0, 0.05) is 42.8 Å². The monoisotopic (exact) mass is 469 g/mol. The van der Waals surface area contributed by atoms with Crippen LogP contribution in [0.5, 0.6) is 0 Å². The Bertz CT molecular complexity index is 1200. The number of benzene rings is 1. The van der Waals surface area contributed by atoms with E-state index in [-0.39, 0.29) is 17.2 Å². The molecule has 1 N–H and O–H groups in total. The minimum absolute atomic E-state index is 0.104. The van der Waals surface area contributed by atoms with Crippen LogP contribution in [0.15, 0.2) is 53.6 Å². The molecular weight excluding hydrogens is 438 g/mol. The second kappa shape index (κ2) is 9.29. The van der Waals surface area contributed by atoms with Gasteiger partial charge in [0.25, 0.3) is 0 Å². The number of aliphatic hydroxyl groups excluding tert-OH is 1. The molecule has 0 saturated carbocycles. The lowest BCUT2D eigenvalue weighted by molar-refractivity contribution is 0.0649. The molecule has 3 heterocycles. The molecule has 2 aliphatic rings. The van der Waals surface area contributed by atoms with Gasteiger partial charge in [0.2, 0.25) is 10.0 Å². The highest BCUT2D eigenvalue weighted by atomic mass is 32.2. The van der Waals surface area contributed by atoms with Crippen molar-refractivity contribution >= 4 is 15.8 Å². The summed E-state index contributed by atoms with van der Waals surface area (Å²) in [6.45, 7) is 7.49. The lowest BCUT2D eigenvalue weighted by Gasteiger charge is -2.28. The van der Waals surface area contributed by atoms with Crippen molar-refractivity contribution in [1.82, 2.24) is 13.8 Å². The number of allylic oxidation sites excluding steroid dienone is 1. The van der Waals surface area contributed by atoms with Crippen LogP contribution in [0.1, 0.15) is 45.7 Å². The van der Waals surface area contributed by atoms with Gasteiger partial charge in [-0.25, -0.2) is 8.42 Å². The van der Waals surface area contributed by atoms with E-state index in [0.29, 0.717) is 25.2 Å². The summed E-state index contributed by atoms with van der Waals surface area (Å²) >= 11 is 0. The number of Topliss-reactive ketones (excluding diaryl/α,β-unsaturated/α-hetero) is 1. The molecule has 0 aliphatic carbocycles. The predicted octanol–water partition coefficient (Wildman–Crippen LogP) is 3.10. The fourth-order valence-electron chi connectivity index (χ4n) is 4.40. The van der Waals surface area contributed by atoms with E-state index in [9.17, 15) is 18.3 Å². The first-order chi connectivity index (χ1) is 15.7. The van der Waals surface area contributed by atoms with Crippen LogP contribution >= 0.6 is 0 Å². The fourth-order valence-corrected chi connectivity index (χ4v) is 5.95. The lowest BCUT2D eigenvalue weighted by Crippen LogP contribution is -2.38. The third-order valence-electron chi connectivity index (χ3n) is 6.43. The van der Waals surface area contributed by atoms with E-state index >= 15 is 0 Å². The van der Waals surface area contributed by atoms with Crippen LogP contribution in [0.25, 0.3) is 0 Å². The fraction of sp³-hybridized carbons (Fsp3) is 0.400. The molecule has 2 aliphatic heterocycles. The summed E-state index contributed by atoms with van der Waals surface area (Å²) in [7, 11) is -3.63. The SMILES string of the molecule is Cc1ccc(Cn2c(C)cc(C(=O)CN3C=C(S(=O)(=O)N4CCCC4)C=CC3O)c2C)cc1. The summed E-state index contributed by atoms with van der Waals surface area (Å²) in [5.41, 5.74) is 4.76. The number of sulfonamides is 1. The van der Waals surface area contributed by atoms with Gasteiger partial charge in [-0.1, -0.05) is 29.8 Å². The summed E-state index contributed by atoms with van der Waals surface area (Å²) in [6.07, 6.45) is 4.87. The molecule has 0 bridgehead atoms. The third kappa shape index (κ3) is 4.83.